The highest BCUT2D eigenvalue weighted by atomic mass is 15.5. The lowest BCUT2D eigenvalue weighted by molar-refractivity contribution is 0.525. The first-order valence-electron chi connectivity index (χ1n) is 7.66. The second-order valence-corrected chi connectivity index (χ2v) is 5.59. The van der Waals surface area contributed by atoms with E-state index in [0.717, 1.165) is 56.8 Å². The summed E-state index contributed by atoms with van der Waals surface area (Å²) < 4.78 is 1.93. The van der Waals surface area contributed by atoms with E-state index in [1.165, 1.54) is 11.3 Å². The Balaban J connectivity index is 1.79. The maximum Gasteiger partial charge on any atom is 0.170 e. The first-order valence-corrected chi connectivity index (χ1v) is 7.66. The van der Waals surface area contributed by atoms with Crippen LogP contribution in [0.15, 0.2) is 18.2 Å². The molecule has 0 amide bonds. The number of nitrogens with zero attached hydrogens (tertiary/aromatic N) is 5. The van der Waals surface area contributed by atoms with Crippen LogP contribution < -0.4 is 10.6 Å². The van der Waals surface area contributed by atoms with Gasteiger partial charge in [0, 0.05) is 24.5 Å². The number of aromatic nitrogens is 4. The van der Waals surface area contributed by atoms with E-state index < -0.39 is 0 Å². The van der Waals surface area contributed by atoms with E-state index >= 15 is 0 Å². The number of tetrazole rings is 1. The lowest BCUT2D eigenvalue weighted by atomic mass is 10.0. The van der Waals surface area contributed by atoms with Crippen LogP contribution in [0.1, 0.15) is 37.6 Å². The molecule has 0 fully saturated rings. The fourth-order valence-corrected chi connectivity index (χ4v) is 2.85. The van der Waals surface area contributed by atoms with E-state index in [1.807, 2.05) is 10.7 Å². The van der Waals surface area contributed by atoms with Crippen LogP contribution >= 0.6 is 0 Å². The molecule has 2 aromatic rings. The second kappa shape index (κ2) is 6.11. The number of unbranched alkanes of at least 4 members (excludes halogenated alkanes) is 1. The Hall–Kier alpha value is -2.11. The van der Waals surface area contributed by atoms with Crippen molar-refractivity contribution in [2.24, 2.45) is 0 Å². The average molecular weight is 286 g/mol. The minimum Gasteiger partial charge on any atom is -0.399 e. The molecule has 1 aromatic heterocycles. The molecular formula is C15H22N6. The van der Waals surface area contributed by atoms with Crippen molar-refractivity contribution in [3.63, 3.8) is 0 Å². The van der Waals surface area contributed by atoms with E-state index in [-0.39, 0.29) is 0 Å². The molecule has 1 aromatic carbocycles. The Morgan fingerprint density at radius 1 is 1.33 bits per heavy atom. The molecule has 1 aliphatic heterocycles. The van der Waals surface area contributed by atoms with Crippen molar-refractivity contribution in [1.29, 1.82) is 0 Å². The number of fused-ring (bicyclic) bond motifs is 1. The molecule has 21 heavy (non-hydrogen) atoms. The zero-order valence-corrected chi connectivity index (χ0v) is 12.5. The van der Waals surface area contributed by atoms with Crippen LogP contribution in [0.25, 0.3) is 0 Å². The van der Waals surface area contributed by atoms with Crippen molar-refractivity contribution in [2.45, 2.75) is 45.7 Å². The molecule has 0 unspecified atom stereocenters. The van der Waals surface area contributed by atoms with E-state index in [0.29, 0.717) is 0 Å². The van der Waals surface area contributed by atoms with Crippen LogP contribution in [0.4, 0.5) is 11.4 Å². The fraction of sp³-hybridized carbons (Fsp3) is 0.533. The highest BCUT2D eigenvalue weighted by Gasteiger charge is 2.19. The third-order valence-electron chi connectivity index (χ3n) is 3.98. The number of anilines is 2. The van der Waals surface area contributed by atoms with Gasteiger partial charge < -0.3 is 10.6 Å². The largest absolute Gasteiger partial charge is 0.399 e. The molecule has 0 atom stereocenters. The van der Waals surface area contributed by atoms with Crippen LogP contribution in [0.2, 0.25) is 0 Å². The van der Waals surface area contributed by atoms with Gasteiger partial charge in [0.05, 0.1) is 6.54 Å². The van der Waals surface area contributed by atoms with Gasteiger partial charge in [0.1, 0.15) is 0 Å². The smallest absolute Gasteiger partial charge is 0.170 e. The van der Waals surface area contributed by atoms with Gasteiger partial charge in [0.25, 0.3) is 0 Å². The minimum atomic E-state index is 0.758. The zero-order chi connectivity index (χ0) is 14.7. The third-order valence-corrected chi connectivity index (χ3v) is 3.98. The zero-order valence-electron chi connectivity index (χ0n) is 12.5. The van der Waals surface area contributed by atoms with Gasteiger partial charge in [0.2, 0.25) is 0 Å². The molecule has 3 rings (SSSR count). The van der Waals surface area contributed by atoms with Gasteiger partial charge in [-0.3, -0.25) is 0 Å². The quantitative estimate of drug-likeness (QED) is 0.851. The number of hydrogen-bond acceptors (Lipinski definition) is 5. The Kier molecular flexibility index (Phi) is 4.03. The monoisotopic (exact) mass is 286 g/mol. The van der Waals surface area contributed by atoms with Crippen LogP contribution in [0.3, 0.4) is 0 Å². The van der Waals surface area contributed by atoms with Gasteiger partial charge in [-0.05, 0) is 53.5 Å². The Morgan fingerprint density at radius 3 is 3.10 bits per heavy atom. The van der Waals surface area contributed by atoms with E-state index in [9.17, 15) is 0 Å². The van der Waals surface area contributed by atoms with Crippen molar-refractivity contribution in [3.8, 4) is 0 Å². The summed E-state index contributed by atoms with van der Waals surface area (Å²) >= 11 is 0. The lowest BCUT2D eigenvalue weighted by Crippen LogP contribution is -2.30. The SMILES string of the molecule is CCCCn1nnnc1CN1CCCc2cc(N)ccc21. The molecule has 0 bridgehead atoms. The highest BCUT2D eigenvalue weighted by Crippen LogP contribution is 2.29. The number of benzene rings is 1. The van der Waals surface area contributed by atoms with Crippen molar-refractivity contribution < 1.29 is 0 Å². The Labute approximate surface area is 124 Å². The molecule has 0 saturated heterocycles. The van der Waals surface area contributed by atoms with Crippen LogP contribution in [-0.4, -0.2) is 26.8 Å². The standard InChI is InChI=1S/C15H22N6/c1-2-3-9-21-15(17-18-19-21)11-20-8-4-5-12-10-13(16)6-7-14(12)20/h6-7,10H,2-5,8-9,11,16H2,1H3. The molecule has 0 radical (unpaired) electrons. The fourth-order valence-electron chi connectivity index (χ4n) is 2.85. The van der Waals surface area contributed by atoms with E-state index in [4.69, 9.17) is 5.73 Å². The molecule has 0 aliphatic carbocycles. The maximum absolute atomic E-state index is 5.89. The van der Waals surface area contributed by atoms with Crippen LogP contribution in [0.5, 0.6) is 0 Å². The van der Waals surface area contributed by atoms with E-state index in [2.05, 4.69) is 39.5 Å². The van der Waals surface area contributed by atoms with Crippen molar-refractivity contribution in [3.05, 3.63) is 29.6 Å². The summed E-state index contributed by atoms with van der Waals surface area (Å²) in [4.78, 5) is 2.35. The third kappa shape index (κ3) is 2.99. The summed E-state index contributed by atoms with van der Waals surface area (Å²) in [5.74, 6) is 0.938. The summed E-state index contributed by atoms with van der Waals surface area (Å²) in [6, 6.07) is 6.17. The normalized spacial score (nSPS) is 14.2. The summed E-state index contributed by atoms with van der Waals surface area (Å²) in [6.07, 6.45) is 4.49. The minimum absolute atomic E-state index is 0.758. The summed E-state index contributed by atoms with van der Waals surface area (Å²) in [5.41, 5.74) is 9.32. The van der Waals surface area contributed by atoms with Crippen molar-refractivity contribution in [1.82, 2.24) is 20.2 Å². The second-order valence-electron chi connectivity index (χ2n) is 5.59. The molecule has 1 aliphatic rings. The van der Waals surface area contributed by atoms with Crippen molar-refractivity contribution >= 4 is 11.4 Å². The van der Waals surface area contributed by atoms with Crippen LogP contribution in [0, 0.1) is 0 Å². The van der Waals surface area contributed by atoms with Gasteiger partial charge in [-0.15, -0.1) is 5.10 Å². The summed E-state index contributed by atoms with van der Waals surface area (Å²) in [7, 11) is 0. The van der Waals surface area contributed by atoms with Gasteiger partial charge in [-0.25, -0.2) is 4.68 Å². The topological polar surface area (TPSA) is 72.9 Å². The molecule has 0 spiro atoms. The molecule has 6 nitrogen and oxygen atoms in total. The number of rotatable bonds is 5. The van der Waals surface area contributed by atoms with Gasteiger partial charge >= 0.3 is 0 Å². The summed E-state index contributed by atoms with van der Waals surface area (Å²) in [5, 5.41) is 12.1. The summed E-state index contributed by atoms with van der Waals surface area (Å²) in [6.45, 7) is 4.86. The van der Waals surface area contributed by atoms with Crippen molar-refractivity contribution in [2.75, 3.05) is 17.2 Å². The molecule has 0 saturated carbocycles. The van der Waals surface area contributed by atoms with Gasteiger partial charge in [-0.1, -0.05) is 13.3 Å². The first kappa shape index (κ1) is 13.9. The van der Waals surface area contributed by atoms with E-state index in [1.54, 1.807) is 0 Å². The average Bonchev–Trinajstić information content (AvgIpc) is 2.92. The van der Waals surface area contributed by atoms with Crippen LogP contribution in [-0.2, 0) is 19.5 Å². The molecular weight excluding hydrogens is 264 g/mol. The maximum atomic E-state index is 5.89. The Bertz CT molecular complexity index is 606. The molecule has 2 N–H and O–H groups in total. The predicted octanol–water partition coefficient (Wildman–Crippen LogP) is 2.01. The number of aryl methyl sites for hydroxylation is 2. The number of nitrogens with two attached hydrogens (primary N) is 1. The van der Waals surface area contributed by atoms with Gasteiger partial charge in [0.15, 0.2) is 5.82 Å². The first-order chi connectivity index (χ1) is 10.3. The Morgan fingerprint density at radius 2 is 2.24 bits per heavy atom. The predicted molar refractivity (Wildman–Crippen MR) is 83.0 cm³/mol. The highest BCUT2D eigenvalue weighted by molar-refractivity contribution is 5.61. The van der Waals surface area contributed by atoms with Gasteiger partial charge in [-0.2, -0.15) is 0 Å². The lowest BCUT2D eigenvalue weighted by Gasteiger charge is -2.31. The number of nitrogen functional groups attached to an aromatic ring is 1. The molecule has 112 valence electrons. The molecule has 6 heteroatoms. The molecule has 2 heterocycles. The number of hydrogen-bond donors (Lipinski definition) is 1.